The average molecular weight is 442 g/mol. The van der Waals surface area contributed by atoms with Gasteiger partial charge in [-0.05, 0) is 66.9 Å². The molecule has 6 nitrogen and oxygen atoms in total. The Bertz CT molecular complexity index is 1090. The molecule has 8 heteroatoms. The maximum Gasteiger partial charge on any atom is 0.224 e. The van der Waals surface area contributed by atoms with Crippen LogP contribution in [0.15, 0.2) is 29.4 Å². The van der Waals surface area contributed by atoms with Gasteiger partial charge in [0.1, 0.15) is 0 Å². The Morgan fingerprint density at radius 3 is 2.80 bits per heavy atom. The third-order valence-electron chi connectivity index (χ3n) is 5.70. The topological polar surface area (TPSA) is 77.2 Å². The van der Waals surface area contributed by atoms with Gasteiger partial charge in [-0.15, -0.1) is 0 Å². The molecule has 2 aromatic carbocycles. The lowest BCUT2D eigenvalue weighted by Gasteiger charge is -2.20. The minimum Gasteiger partial charge on any atom is -0.372 e. The molecule has 2 aliphatic rings. The third-order valence-corrected chi connectivity index (χ3v) is 6.93. The molecular formula is C22H24ClN5OS. The molecule has 0 saturated carbocycles. The summed E-state index contributed by atoms with van der Waals surface area (Å²) in [5.41, 5.74) is 9.11. The first-order valence-electron chi connectivity index (χ1n) is 10.4. The Balaban J connectivity index is 1.44. The molecule has 0 aliphatic carbocycles. The van der Waals surface area contributed by atoms with Crippen LogP contribution >= 0.6 is 23.4 Å². The largest absolute Gasteiger partial charge is 0.372 e. The van der Waals surface area contributed by atoms with E-state index < -0.39 is 0 Å². The van der Waals surface area contributed by atoms with E-state index in [1.807, 2.05) is 12.1 Å². The third kappa shape index (κ3) is 3.99. The summed E-state index contributed by atoms with van der Waals surface area (Å²) in [4.78, 5) is 16.0. The molecule has 1 aromatic heterocycles. The zero-order chi connectivity index (χ0) is 20.5. The molecule has 0 amide bonds. The highest BCUT2D eigenvalue weighted by Crippen LogP contribution is 2.39. The first-order valence-corrected chi connectivity index (χ1v) is 11.7. The number of ether oxygens (including phenoxy) is 1. The molecule has 30 heavy (non-hydrogen) atoms. The van der Waals surface area contributed by atoms with Gasteiger partial charge in [0.2, 0.25) is 5.95 Å². The predicted molar refractivity (Wildman–Crippen MR) is 122 cm³/mol. The molecule has 1 fully saturated rings. The fourth-order valence-electron chi connectivity index (χ4n) is 4.35. The Hall–Kier alpha value is -1.93. The Labute approximate surface area is 185 Å². The molecule has 5 rings (SSSR count). The van der Waals surface area contributed by atoms with Gasteiger partial charge in [-0.2, -0.15) is 9.97 Å². The molecule has 0 spiro atoms. The number of benzene rings is 2. The normalized spacial score (nSPS) is 16.4. The SMILES string of the molecule is Nc1nc(SCCCN2CCCC2)nc(-c2c(Cl)cc3c4c(cccc24)COC3)n1. The van der Waals surface area contributed by atoms with Gasteiger partial charge < -0.3 is 15.4 Å². The van der Waals surface area contributed by atoms with Gasteiger partial charge >= 0.3 is 0 Å². The lowest BCUT2D eigenvalue weighted by Crippen LogP contribution is -2.20. The van der Waals surface area contributed by atoms with E-state index in [4.69, 9.17) is 27.1 Å². The van der Waals surface area contributed by atoms with Crippen molar-refractivity contribution >= 4 is 40.1 Å². The van der Waals surface area contributed by atoms with Crippen LogP contribution in [0.4, 0.5) is 5.95 Å². The molecule has 0 radical (unpaired) electrons. The second-order valence-corrected chi connectivity index (χ2v) is 9.24. The van der Waals surface area contributed by atoms with Crippen molar-refractivity contribution in [3.8, 4) is 11.4 Å². The van der Waals surface area contributed by atoms with Crippen molar-refractivity contribution in [2.45, 2.75) is 37.6 Å². The molecule has 3 aromatic rings. The van der Waals surface area contributed by atoms with Crippen molar-refractivity contribution in [3.63, 3.8) is 0 Å². The van der Waals surface area contributed by atoms with Crippen LogP contribution in [0.25, 0.3) is 22.2 Å². The maximum absolute atomic E-state index is 6.69. The van der Waals surface area contributed by atoms with E-state index in [0.717, 1.165) is 40.8 Å². The summed E-state index contributed by atoms with van der Waals surface area (Å²) in [6.07, 6.45) is 3.75. The number of aromatic nitrogens is 3. The Morgan fingerprint density at radius 1 is 1.10 bits per heavy atom. The molecule has 3 heterocycles. The molecule has 2 N–H and O–H groups in total. The molecular weight excluding hydrogens is 418 g/mol. The van der Waals surface area contributed by atoms with Crippen molar-refractivity contribution in [3.05, 3.63) is 40.4 Å². The van der Waals surface area contributed by atoms with E-state index in [1.54, 1.807) is 11.8 Å². The molecule has 2 aliphatic heterocycles. The van der Waals surface area contributed by atoms with Crippen LogP contribution < -0.4 is 5.73 Å². The average Bonchev–Trinajstić information content (AvgIpc) is 3.25. The first-order chi connectivity index (χ1) is 14.7. The van der Waals surface area contributed by atoms with Crippen LogP contribution in [0.5, 0.6) is 0 Å². The number of rotatable bonds is 6. The molecule has 0 bridgehead atoms. The summed E-state index contributed by atoms with van der Waals surface area (Å²) in [6.45, 7) is 4.74. The summed E-state index contributed by atoms with van der Waals surface area (Å²) in [6, 6.07) is 8.14. The summed E-state index contributed by atoms with van der Waals surface area (Å²) in [5.74, 6) is 1.71. The number of nitrogens with zero attached hydrogens (tertiary/aromatic N) is 4. The number of hydrogen-bond acceptors (Lipinski definition) is 7. The quantitative estimate of drug-likeness (QED) is 0.444. The number of likely N-dealkylation sites (tertiary alicyclic amines) is 1. The first kappa shape index (κ1) is 20.0. The van der Waals surface area contributed by atoms with Crippen molar-refractivity contribution in [1.82, 2.24) is 19.9 Å². The maximum atomic E-state index is 6.69. The van der Waals surface area contributed by atoms with Crippen LogP contribution in [0.2, 0.25) is 5.02 Å². The number of nitrogen functional groups attached to an aromatic ring is 1. The number of thioether (sulfide) groups is 1. The van der Waals surface area contributed by atoms with Gasteiger partial charge in [-0.3, -0.25) is 0 Å². The van der Waals surface area contributed by atoms with Crippen molar-refractivity contribution in [1.29, 1.82) is 0 Å². The second kappa shape index (κ2) is 8.67. The van der Waals surface area contributed by atoms with E-state index in [0.29, 0.717) is 29.2 Å². The zero-order valence-corrected chi connectivity index (χ0v) is 18.3. The summed E-state index contributed by atoms with van der Waals surface area (Å²) < 4.78 is 5.69. The number of hydrogen-bond donors (Lipinski definition) is 1. The standard InChI is InChI=1S/C22H24ClN5OS/c23-17-11-15-13-29-12-14-5-3-6-16(18(14)15)19(17)20-25-21(24)27-22(26-20)30-10-4-9-28-7-1-2-8-28/h3,5-6,11H,1-2,4,7-10,12-13H2,(H2,24,25,26,27). The monoisotopic (exact) mass is 441 g/mol. The molecule has 156 valence electrons. The summed E-state index contributed by atoms with van der Waals surface area (Å²) in [5, 5.41) is 3.48. The van der Waals surface area contributed by atoms with Gasteiger partial charge in [-0.25, -0.2) is 4.98 Å². The van der Waals surface area contributed by atoms with Crippen LogP contribution in [-0.4, -0.2) is 45.2 Å². The van der Waals surface area contributed by atoms with Gasteiger partial charge in [0.15, 0.2) is 11.0 Å². The van der Waals surface area contributed by atoms with Crippen molar-refractivity contribution in [2.75, 3.05) is 31.1 Å². The summed E-state index contributed by atoms with van der Waals surface area (Å²) >= 11 is 8.32. The number of anilines is 1. The van der Waals surface area contributed by atoms with Crippen molar-refractivity contribution < 1.29 is 4.74 Å². The summed E-state index contributed by atoms with van der Waals surface area (Å²) in [7, 11) is 0. The second-order valence-electron chi connectivity index (χ2n) is 7.78. The number of halogens is 1. The van der Waals surface area contributed by atoms with Crippen LogP contribution in [0.1, 0.15) is 30.4 Å². The minimum absolute atomic E-state index is 0.224. The Kier molecular flexibility index (Phi) is 5.78. The predicted octanol–water partition coefficient (Wildman–Crippen LogP) is 4.54. The lowest BCUT2D eigenvalue weighted by atomic mass is 9.94. The van der Waals surface area contributed by atoms with E-state index in [2.05, 4.69) is 27.0 Å². The highest BCUT2D eigenvalue weighted by molar-refractivity contribution is 7.99. The van der Waals surface area contributed by atoms with Gasteiger partial charge in [-0.1, -0.05) is 41.6 Å². The van der Waals surface area contributed by atoms with Gasteiger partial charge in [0, 0.05) is 11.3 Å². The molecule has 1 saturated heterocycles. The van der Waals surface area contributed by atoms with E-state index >= 15 is 0 Å². The van der Waals surface area contributed by atoms with Gasteiger partial charge in [0.05, 0.1) is 18.2 Å². The lowest BCUT2D eigenvalue weighted by molar-refractivity contribution is 0.103. The van der Waals surface area contributed by atoms with Crippen LogP contribution in [0.3, 0.4) is 0 Å². The number of nitrogens with two attached hydrogens (primary N) is 1. The van der Waals surface area contributed by atoms with Crippen molar-refractivity contribution in [2.24, 2.45) is 0 Å². The molecule has 0 atom stereocenters. The minimum atomic E-state index is 0.224. The Morgan fingerprint density at radius 2 is 1.93 bits per heavy atom. The smallest absolute Gasteiger partial charge is 0.224 e. The van der Waals surface area contributed by atoms with Crippen LogP contribution in [-0.2, 0) is 18.0 Å². The van der Waals surface area contributed by atoms with E-state index in [-0.39, 0.29) is 5.95 Å². The molecule has 0 unspecified atom stereocenters. The van der Waals surface area contributed by atoms with E-state index in [1.165, 1.54) is 31.3 Å². The fraction of sp³-hybridized carbons (Fsp3) is 0.409. The van der Waals surface area contributed by atoms with Gasteiger partial charge in [0.25, 0.3) is 0 Å². The fourth-order valence-corrected chi connectivity index (χ4v) is 5.44. The highest BCUT2D eigenvalue weighted by atomic mass is 35.5. The van der Waals surface area contributed by atoms with Crippen LogP contribution in [0, 0.1) is 0 Å². The van der Waals surface area contributed by atoms with E-state index in [9.17, 15) is 0 Å². The zero-order valence-electron chi connectivity index (χ0n) is 16.7. The highest BCUT2D eigenvalue weighted by Gasteiger charge is 2.21.